The van der Waals surface area contributed by atoms with Gasteiger partial charge in [0.2, 0.25) is 0 Å². The zero-order valence-corrected chi connectivity index (χ0v) is 18.9. The molecule has 37 heavy (non-hydrogen) atoms. The second-order valence-corrected chi connectivity index (χ2v) is 7.98. The van der Waals surface area contributed by atoms with Gasteiger partial charge in [-0.3, -0.25) is 9.69 Å². The third-order valence-electron chi connectivity index (χ3n) is 5.48. The predicted octanol–water partition coefficient (Wildman–Crippen LogP) is 3.09. The molecule has 4 rings (SSSR count). The van der Waals surface area contributed by atoms with Crippen molar-refractivity contribution in [2.75, 3.05) is 24.7 Å². The molecule has 13 heteroatoms. The van der Waals surface area contributed by atoms with E-state index in [9.17, 15) is 27.6 Å². The van der Waals surface area contributed by atoms with Gasteiger partial charge in [-0.25, -0.2) is 9.59 Å². The minimum absolute atomic E-state index is 0.0102. The fourth-order valence-electron chi connectivity index (χ4n) is 3.67. The molecule has 10 nitrogen and oxygen atoms in total. The van der Waals surface area contributed by atoms with Crippen molar-refractivity contribution in [1.82, 2.24) is 10.3 Å². The number of anilines is 1. The van der Waals surface area contributed by atoms with Gasteiger partial charge in [0.25, 0.3) is 5.56 Å². The van der Waals surface area contributed by atoms with E-state index >= 15 is 0 Å². The summed E-state index contributed by atoms with van der Waals surface area (Å²) in [5.74, 6) is -0.0298. The molecule has 4 N–H and O–H groups in total. The lowest BCUT2D eigenvalue weighted by molar-refractivity contribution is -0.137. The molecule has 0 aliphatic carbocycles. The summed E-state index contributed by atoms with van der Waals surface area (Å²) in [5, 5.41) is 20.6. The first-order valence-corrected chi connectivity index (χ1v) is 10.8. The molecule has 0 radical (unpaired) electrons. The lowest BCUT2D eigenvalue weighted by Crippen LogP contribution is -2.39. The number of cyclic esters (lactones) is 1. The van der Waals surface area contributed by atoms with Gasteiger partial charge in [0.05, 0.1) is 31.4 Å². The maximum Gasteiger partial charge on any atom is 0.420 e. The number of aliphatic hydroxyl groups excluding tert-OH is 2. The van der Waals surface area contributed by atoms with E-state index in [1.807, 2.05) is 0 Å². The highest BCUT2D eigenvalue weighted by molar-refractivity contribution is 5.95. The summed E-state index contributed by atoms with van der Waals surface area (Å²) in [4.78, 5) is 40.4. The van der Waals surface area contributed by atoms with Crippen molar-refractivity contribution < 1.29 is 42.4 Å². The van der Waals surface area contributed by atoms with E-state index in [0.29, 0.717) is 5.39 Å². The first-order chi connectivity index (χ1) is 17.6. The third kappa shape index (κ3) is 5.57. The van der Waals surface area contributed by atoms with Gasteiger partial charge in [-0.1, -0.05) is 24.3 Å². The Morgan fingerprint density at radius 2 is 1.89 bits per heavy atom. The standard InChI is InChI=1S/C24H20F3N3O7/c25-24(26,27)19-4-2-1-3-17(19)20-7-13-5-6-15(8-18(13)21(33)29-20)30-9-16(37-23(30)35)12-36-22(34)28-14(10-31)11-32/h1-8,12,14,31-32H,9-11H2,(H,28,34)(H,29,33)/b16-12-. The van der Waals surface area contributed by atoms with Crippen LogP contribution < -0.4 is 15.8 Å². The number of rotatable bonds is 6. The maximum atomic E-state index is 13.4. The fourth-order valence-corrected chi connectivity index (χ4v) is 3.67. The number of alkyl carbamates (subject to hydrolysis) is 1. The number of fused-ring (bicyclic) bond motifs is 1. The Bertz CT molecular complexity index is 1430. The number of hydrogen-bond donors (Lipinski definition) is 4. The van der Waals surface area contributed by atoms with Crippen molar-refractivity contribution in [2.24, 2.45) is 0 Å². The SMILES string of the molecule is O=C(NC(CO)CO)O/C=C1/CN(c2ccc3cc(-c4ccccc4C(F)(F)F)[nH]c(=O)c3c2)C(=O)O1. The molecule has 0 saturated carbocycles. The van der Waals surface area contributed by atoms with Gasteiger partial charge in [0, 0.05) is 22.3 Å². The number of H-pyrrole nitrogens is 1. The summed E-state index contributed by atoms with van der Waals surface area (Å²) in [5.41, 5.74) is -1.47. The minimum atomic E-state index is -4.61. The summed E-state index contributed by atoms with van der Waals surface area (Å²) in [6.07, 6.45) is -5.53. The van der Waals surface area contributed by atoms with Crippen LogP contribution in [0.5, 0.6) is 0 Å². The van der Waals surface area contributed by atoms with E-state index in [0.717, 1.165) is 17.2 Å². The summed E-state index contributed by atoms with van der Waals surface area (Å²) in [6.45, 7) is -1.17. The number of nitrogens with one attached hydrogen (secondary N) is 2. The normalized spacial score (nSPS) is 14.9. The summed E-state index contributed by atoms with van der Waals surface area (Å²) >= 11 is 0. The van der Waals surface area contributed by atoms with Gasteiger partial charge >= 0.3 is 18.4 Å². The summed E-state index contributed by atoms with van der Waals surface area (Å²) < 4.78 is 50.1. The molecule has 0 bridgehead atoms. The number of carbonyl (C=O) groups excluding carboxylic acids is 2. The lowest BCUT2D eigenvalue weighted by Gasteiger charge is -2.15. The van der Waals surface area contributed by atoms with Crippen LogP contribution in [0.15, 0.2) is 65.3 Å². The highest BCUT2D eigenvalue weighted by Crippen LogP contribution is 2.36. The largest absolute Gasteiger partial charge is 0.420 e. The van der Waals surface area contributed by atoms with Crippen LogP contribution in [-0.2, 0) is 15.7 Å². The van der Waals surface area contributed by atoms with Gasteiger partial charge < -0.3 is 30.0 Å². The molecule has 1 aliphatic rings. The number of alkyl halides is 3. The number of amides is 2. The Morgan fingerprint density at radius 1 is 1.16 bits per heavy atom. The fraction of sp³-hybridized carbons (Fsp3) is 0.208. The quantitative estimate of drug-likeness (QED) is 0.367. The Balaban J connectivity index is 1.57. The summed E-state index contributed by atoms with van der Waals surface area (Å²) in [6, 6.07) is 9.74. The van der Waals surface area contributed by atoms with E-state index in [1.54, 1.807) is 0 Å². The smallest absolute Gasteiger partial charge is 0.415 e. The number of ether oxygens (including phenoxy) is 2. The molecule has 1 fully saturated rings. The Labute approximate surface area is 206 Å². The number of carbonyl (C=O) groups is 2. The first kappa shape index (κ1) is 25.7. The third-order valence-corrected chi connectivity index (χ3v) is 5.48. The van der Waals surface area contributed by atoms with Crippen LogP contribution in [0, 0.1) is 0 Å². The highest BCUT2D eigenvalue weighted by Gasteiger charge is 2.34. The van der Waals surface area contributed by atoms with Crippen molar-refractivity contribution in [2.45, 2.75) is 12.2 Å². The zero-order valence-electron chi connectivity index (χ0n) is 18.9. The number of halogens is 3. The molecule has 0 unspecified atom stereocenters. The van der Waals surface area contributed by atoms with Crippen molar-refractivity contribution in [3.05, 3.63) is 76.5 Å². The highest BCUT2D eigenvalue weighted by atomic mass is 19.4. The van der Waals surface area contributed by atoms with Gasteiger partial charge in [0.15, 0.2) is 5.76 Å². The van der Waals surface area contributed by atoms with Crippen LogP contribution in [0.25, 0.3) is 22.0 Å². The second-order valence-electron chi connectivity index (χ2n) is 7.98. The van der Waals surface area contributed by atoms with Gasteiger partial charge in [-0.15, -0.1) is 0 Å². The molecule has 1 aliphatic heterocycles. The molecule has 0 spiro atoms. The zero-order chi connectivity index (χ0) is 26.7. The Hall–Kier alpha value is -4.36. The maximum absolute atomic E-state index is 13.4. The molecule has 1 saturated heterocycles. The minimum Gasteiger partial charge on any atom is -0.415 e. The van der Waals surface area contributed by atoms with Crippen LogP contribution in [-0.4, -0.2) is 53.2 Å². The van der Waals surface area contributed by atoms with Crippen LogP contribution in [0.4, 0.5) is 28.4 Å². The number of benzene rings is 2. The van der Waals surface area contributed by atoms with Gasteiger partial charge in [0.1, 0.15) is 6.26 Å². The monoisotopic (exact) mass is 519 g/mol. The van der Waals surface area contributed by atoms with Crippen molar-refractivity contribution in [3.63, 3.8) is 0 Å². The molecule has 3 aromatic rings. The number of aromatic nitrogens is 1. The van der Waals surface area contributed by atoms with Gasteiger partial charge in [-0.05, 0) is 29.7 Å². The van der Waals surface area contributed by atoms with E-state index in [2.05, 4.69) is 10.3 Å². The molecule has 0 atom stereocenters. The Morgan fingerprint density at radius 3 is 2.59 bits per heavy atom. The topological polar surface area (TPSA) is 141 Å². The number of pyridine rings is 1. The van der Waals surface area contributed by atoms with Crippen LogP contribution in [0.3, 0.4) is 0 Å². The molecule has 2 heterocycles. The van der Waals surface area contributed by atoms with E-state index in [-0.39, 0.29) is 34.6 Å². The lowest BCUT2D eigenvalue weighted by atomic mass is 10.0. The number of aromatic amines is 1. The van der Waals surface area contributed by atoms with Crippen LogP contribution >= 0.6 is 0 Å². The van der Waals surface area contributed by atoms with E-state index in [4.69, 9.17) is 19.7 Å². The number of aliphatic hydroxyl groups is 2. The van der Waals surface area contributed by atoms with Crippen molar-refractivity contribution >= 4 is 28.6 Å². The molecule has 194 valence electrons. The Kier molecular flexibility index (Phi) is 7.18. The molecule has 1 aromatic heterocycles. The van der Waals surface area contributed by atoms with Crippen molar-refractivity contribution in [1.29, 1.82) is 0 Å². The summed E-state index contributed by atoms with van der Waals surface area (Å²) in [7, 11) is 0. The van der Waals surface area contributed by atoms with Crippen LogP contribution in [0.2, 0.25) is 0 Å². The van der Waals surface area contributed by atoms with E-state index in [1.165, 1.54) is 42.5 Å². The molecular formula is C24H20F3N3O7. The van der Waals surface area contributed by atoms with E-state index < -0.39 is 48.7 Å². The molecule has 2 aromatic carbocycles. The second kappa shape index (κ2) is 10.3. The average molecular weight is 519 g/mol. The number of hydrogen-bond acceptors (Lipinski definition) is 7. The van der Waals surface area contributed by atoms with Gasteiger partial charge in [-0.2, -0.15) is 13.2 Å². The molecule has 2 amide bonds. The van der Waals surface area contributed by atoms with Crippen molar-refractivity contribution in [3.8, 4) is 11.3 Å². The predicted molar refractivity (Wildman–Crippen MR) is 124 cm³/mol. The van der Waals surface area contributed by atoms with Crippen LogP contribution in [0.1, 0.15) is 5.56 Å². The first-order valence-electron chi connectivity index (χ1n) is 10.8. The molecular weight excluding hydrogens is 499 g/mol. The average Bonchev–Trinajstić information content (AvgIpc) is 3.25. The number of nitrogens with zero attached hydrogens (tertiary/aromatic N) is 1.